The average molecular weight is 279 g/mol. The molecule has 1 aromatic rings. The summed E-state index contributed by atoms with van der Waals surface area (Å²) < 4.78 is 11.3. The van der Waals surface area contributed by atoms with Gasteiger partial charge in [0.05, 0.1) is 5.41 Å². The second kappa shape index (κ2) is 5.45. The molecule has 0 bridgehead atoms. The fourth-order valence-electron chi connectivity index (χ4n) is 3.55. The molecule has 112 valence electrons. The molecule has 5 nitrogen and oxygen atoms in total. The highest BCUT2D eigenvalue weighted by atomic mass is 16.5. The first-order valence-electron chi connectivity index (χ1n) is 7.85. The molecule has 0 atom stereocenters. The summed E-state index contributed by atoms with van der Waals surface area (Å²) in [5.41, 5.74) is 5.66. The van der Waals surface area contributed by atoms with E-state index in [-0.39, 0.29) is 11.0 Å². The van der Waals surface area contributed by atoms with Crippen molar-refractivity contribution in [3.05, 3.63) is 11.7 Å². The van der Waals surface area contributed by atoms with E-state index in [1.807, 2.05) is 0 Å². The first-order chi connectivity index (χ1) is 9.75. The summed E-state index contributed by atoms with van der Waals surface area (Å²) in [4.78, 5) is 4.70. The summed E-state index contributed by atoms with van der Waals surface area (Å²) >= 11 is 0. The minimum atomic E-state index is -0.303. The number of hydrogen-bond donors (Lipinski definition) is 1. The van der Waals surface area contributed by atoms with Crippen LogP contribution in [0.1, 0.15) is 69.5 Å². The predicted octanol–water partition coefficient (Wildman–Crippen LogP) is 2.65. The summed E-state index contributed by atoms with van der Waals surface area (Å²) in [7, 11) is 1.74. The van der Waals surface area contributed by atoms with Crippen molar-refractivity contribution in [2.75, 3.05) is 13.7 Å². The number of aromatic nitrogens is 2. The Morgan fingerprint density at radius 2 is 1.80 bits per heavy atom. The number of rotatable bonds is 4. The summed E-state index contributed by atoms with van der Waals surface area (Å²) in [5.74, 6) is 1.46. The Hall–Kier alpha value is -0.940. The monoisotopic (exact) mass is 279 g/mol. The molecule has 20 heavy (non-hydrogen) atoms. The van der Waals surface area contributed by atoms with Crippen molar-refractivity contribution >= 4 is 0 Å². The van der Waals surface area contributed by atoms with Gasteiger partial charge < -0.3 is 15.0 Å². The van der Waals surface area contributed by atoms with Gasteiger partial charge in [-0.25, -0.2) is 0 Å². The van der Waals surface area contributed by atoms with Gasteiger partial charge in [-0.3, -0.25) is 0 Å². The molecule has 5 heteroatoms. The van der Waals surface area contributed by atoms with Gasteiger partial charge in [0.1, 0.15) is 5.60 Å². The van der Waals surface area contributed by atoms with Gasteiger partial charge in [-0.05, 0) is 32.1 Å². The minimum absolute atomic E-state index is 0.111. The lowest BCUT2D eigenvalue weighted by molar-refractivity contribution is -0.0858. The van der Waals surface area contributed by atoms with E-state index >= 15 is 0 Å². The molecule has 0 amide bonds. The lowest BCUT2D eigenvalue weighted by Crippen LogP contribution is -2.38. The number of methoxy groups -OCH3 is 1. The van der Waals surface area contributed by atoms with E-state index in [0.717, 1.165) is 37.4 Å². The van der Waals surface area contributed by atoms with E-state index in [1.165, 1.54) is 32.1 Å². The second-order valence-corrected chi connectivity index (χ2v) is 6.37. The maximum atomic E-state index is 6.08. The Kier molecular flexibility index (Phi) is 3.82. The number of nitrogens with two attached hydrogens (primary N) is 1. The van der Waals surface area contributed by atoms with Gasteiger partial charge in [-0.15, -0.1) is 0 Å². The molecule has 2 aliphatic rings. The van der Waals surface area contributed by atoms with Crippen LogP contribution in [0.25, 0.3) is 0 Å². The summed E-state index contributed by atoms with van der Waals surface area (Å²) in [6, 6.07) is 0. The van der Waals surface area contributed by atoms with E-state index in [1.54, 1.807) is 7.11 Å². The summed E-state index contributed by atoms with van der Waals surface area (Å²) in [6.07, 6.45) is 10.2. The third-order valence-electron chi connectivity index (χ3n) is 5.29. The standard InChI is InChI=1S/C15H25N3O2/c1-19-15(9-6-10-15)12-17-13(20-18-12)14(11-16)7-4-2-3-5-8-14/h2-11,16H2,1H3. The molecule has 1 heterocycles. The Bertz CT molecular complexity index is 440. The highest BCUT2D eigenvalue weighted by molar-refractivity contribution is 5.12. The molecule has 0 aromatic carbocycles. The van der Waals surface area contributed by atoms with Gasteiger partial charge in [-0.1, -0.05) is 30.8 Å². The van der Waals surface area contributed by atoms with Gasteiger partial charge in [-0.2, -0.15) is 4.98 Å². The van der Waals surface area contributed by atoms with E-state index in [9.17, 15) is 0 Å². The summed E-state index contributed by atoms with van der Waals surface area (Å²) in [6.45, 7) is 0.592. The fourth-order valence-corrected chi connectivity index (χ4v) is 3.55. The van der Waals surface area contributed by atoms with Crippen LogP contribution in [0.2, 0.25) is 0 Å². The first kappa shape index (κ1) is 14.0. The maximum Gasteiger partial charge on any atom is 0.234 e. The van der Waals surface area contributed by atoms with Crippen LogP contribution in [0.3, 0.4) is 0 Å². The molecule has 0 unspecified atom stereocenters. The van der Waals surface area contributed by atoms with Crippen molar-refractivity contribution < 1.29 is 9.26 Å². The third-order valence-corrected chi connectivity index (χ3v) is 5.29. The molecule has 0 saturated heterocycles. The van der Waals surface area contributed by atoms with Gasteiger partial charge in [0, 0.05) is 13.7 Å². The van der Waals surface area contributed by atoms with Gasteiger partial charge in [0.2, 0.25) is 11.7 Å². The van der Waals surface area contributed by atoms with Crippen LogP contribution in [-0.2, 0) is 15.8 Å². The van der Waals surface area contributed by atoms with E-state index in [0.29, 0.717) is 6.54 Å². The van der Waals surface area contributed by atoms with Crippen molar-refractivity contribution in [2.24, 2.45) is 5.73 Å². The van der Waals surface area contributed by atoms with Crippen LogP contribution in [0.5, 0.6) is 0 Å². The Balaban J connectivity index is 1.87. The third kappa shape index (κ3) is 2.17. The van der Waals surface area contributed by atoms with Crippen LogP contribution in [-0.4, -0.2) is 23.8 Å². The smallest absolute Gasteiger partial charge is 0.234 e. The van der Waals surface area contributed by atoms with Crippen LogP contribution < -0.4 is 5.73 Å². The largest absolute Gasteiger partial charge is 0.370 e. The molecule has 3 rings (SSSR count). The molecule has 2 N–H and O–H groups in total. The fraction of sp³-hybridized carbons (Fsp3) is 0.867. The van der Waals surface area contributed by atoms with Crippen molar-refractivity contribution in [2.45, 2.75) is 68.8 Å². The Labute approximate surface area is 120 Å². The molecule has 1 aromatic heterocycles. The summed E-state index contributed by atoms with van der Waals surface area (Å²) in [5, 5.41) is 4.21. The van der Waals surface area contributed by atoms with E-state index < -0.39 is 0 Å². The molecule has 2 saturated carbocycles. The SMILES string of the molecule is COC1(c2noc(C3(CN)CCCCCC3)n2)CCC1. The van der Waals surface area contributed by atoms with Gasteiger partial charge >= 0.3 is 0 Å². The quantitative estimate of drug-likeness (QED) is 0.858. The molecule has 0 aliphatic heterocycles. The number of nitrogens with zero attached hydrogens (tertiary/aromatic N) is 2. The topological polar surface area (TPSA) is 74.2 Å². The van der Waals surface area contributed by atoms with E-state index in [2.05, 4.69) is 5.16 Å². The van der Waals surface area contributed by atoms with Crippen molar-refractivity contribution in [3.8, 4) is 0 Å². The van der Waals surface area contributed by atoms with E-state index in [4.69, 9.17) is 20.0 Å². The second-order valence-electron chi connectivity index (χ2n) is 6.37. The van der Waals surface area contributed by atoms with Crippen LogP contribution in [0.15, 0.2) is 4.52 Å². The van der Waals surface area contributed by atoms with Gasteiger partial charge in [0.25, 0.3) is 0 Å². The minimum Gasteiger partial charge on any atom is -0.370 e. The number of hydrogen-bond acceptors (Lipinski definition) is 5. The lowest BCUT2D eigenvalue weighted by atomic mass is 9.78. The van der Waals surface area contributed by atoms with Crippen LogP contribution >= 0.6 is 0 Å². The zero-order valence-corrected chi connectivity index (χ0v) is 12.4. The predicted molar refractivity (Wildman–Crippen MR) is 75.3 cm³/mol. The molecule has 0 radical (unpaired) electrons. The zero-order valence-electron chi connectivity index (χ0n) is 12.4. The molecular formula is C15H25N3O2. The van der Waals surface area contributed by atoms with Gasteiger partial charge in [0.15, 0.2) is 0 Å². The Morgan fingerprint density at radius 1 is 1.10 bits per heavy atom. The van der Waals surface area contributed by atoms with Crippen molar-refractivity contribution in [3.63, 3.8) is 0 Å². The van der Waals surface area contributed by atoms with Crippen LogP contribution in [0.4, 0.5) is 0 Å². The zero-order chi connectivity index (χ0) is 14.1. The van der Waals surface area contributed by atoms with Crippen LogP contribution in [0, 0.1) is 0 Å². The molecule has 2 fully saturated rings. The maximum absolute atomic E-state index is 6.08. The van der Waals surface area contributed by atoms with Crippen molar-refractivity contribution in [1.82, 2.24) is 10.1 Å². The highest BCUT2D eigenvalue weighted by Gasteiger charge is 2.45. The Morgan fingerprint density at radius 3 is 2.30 bits per heavy atom. The highest BCUT2D eigenvalue weighted by Crippen LogP contribution is 2.44. The molecule has 2 aliphatic carbocycles. The number of ether oxygens (including phenoxy) is 1. The normalized spacial score (nSPS) is 24.9. The molecular weight excluding hydrogens is 254 g/mol. The lowest BCUT2D eigenvalue weighted by Gasteiger charge is -2.37. The average Bonchev–Trinajstić information content (AvgIpc) is 2.78. The van der Waals surface area contributed by atoms with Crippen molar-refractivity contribution in [1.29, 1.82) is 0 Å². The first-order valence-corrected chi connectivity index (χ1v) is 7.85. The molecule has 0 spiro atoms.